The first-order valence-corrected chi connectivity index (χ1v) is 14.9. The molecule has 1 fully saturated rings. The molecule has 0 aliphatic carbocycles. The normalized spacial score (nSPS) is 15.9. The maximum atomic E-state index is 13.5. The lowest BCUT2D eigenvalue weighted by Gasteiger charge is -2.41. The molecule has 0 radical (unpaired) electrons. The summed E-state index contributed by atoms with van der Waals surface area (Å²) in [5, 5.41) is 7.22. The molecule has 6 nitrogen and oxygen atoms in total. The molecule has 1 amide bonds. The quantitative estimate of drug-likeness (QED) is 0.203. The van der Waals surface area contributed by atoms with E-state index in [1.165, 1.54) is 11.1 Å². The van der Waals surface area contributed by atoms with Crippen LogP contribution in [0.25, 0.3) is 0 Å². The van der Waals surface area contributed by atoms with Crippen molar-refractivity contribution in [3.05, 3.63) is 101 Å². The minimum Gasteiger partial charge on any atom is -0.465 e. The molecule has 1 aliphatic rings. The van der Waals surface area contributed by atoms with E-state index in [4.69, 9.17) is 16.3 Å². The van der Waals surface area contributed by atoms with Crippen molar-refractivity contribution in [1.82, 2.24) is 10.2 Å². The maximum absolute atomic E-state index is 13.5. The summed E-state index contributed by atoms with van der Waals surface area (Å²) in [6.07, 6.45) is 10.4. The summed E-state index contributed by atoms with van der Waals surface area (Å²) >= 11 is 6.44. The van der Waals surface area contributed by atoms with Gasteiger partial charge in [-0.2, -0.15) is 0 Å². The number of ether oxygens (including phenoxy) is 1. The van der Waals surface area contributed by atoms with Crippen LogP contribution in [0.4, 0.5) is 5.69 Å². The summed E-state index contributed by atoms with van der Waals surface area (Å²) in [4.78, 5) is 27.5. The van der Waals surface area contributed by atoms with Crippen LogP contribution < -0.4 is 10.6 Å². The van der Waals surface area contributed by atoms with E-state index >= 15 is 0 Å². The first-order valence-electron chi connectivity index (χ1n) is 14.5. The zero-order chi connectivity index (χ0) is 29.8. The van der Waals surface area contributed by atoms with Crippen molar-refractivity contribution in [3.63, 3.8) is 0 Å². The van der Waals surface area contributed by atoms with Crippen LogP contribution in [0.5, 0.6) is 0 Å². The van der Waals surface area contributed by atoms with E-state index in [9.17, 15) is 9.59 Å². The molecule has 0 bridgehead atoms. The second kappa shape index (κ2) is 15.6. The Balaban J connectivity index is 1.79. The smallest absolute Gasteiger partial charge is 0.325 e. The Hall–Kier alpha value is -3.35. The fraction of sp³-hybridized carbons (Fsp3) is 0.412. The molecule has 7 heteroatoms. The minimum atomic E-state index is -0.372. The Morgan fingerprint density at radius 1 is 1.15 bits per heavy atom. The number of aryl methyl sites for hydroxylation is 1. The number of piperidine rings is 1. The summed E-state index contributed by atoms with van der Waals surface area (Å²) in [6, 6.07) is 13.8. The lowest BCUT2D eigenvalue weighted by atomic mass is 9.72. The van der Waals surface area contributed by atoms with Gasteiger partial charge in [0, 0.05) is 23.8 Å². The number of hydrogen-bond donors (Lipinski definition) is 2. The number of halogens is 1. The zero-order valence-corrected chi connectivity index (χ0v) is 25.6. The zero-order valence-electron chi connectivity index (χ0n) is 24.8. The third kappa shape index (κ3) is 8.57. The second-order valence-electron chi connectivity index (χ2n) is 10.6. The molecule has 3 rings (SSSR count). The lowest BCUT2D eigenvalue weighted by molar-refractivity contribution is -0.141. The molecule has 0 saturated carbocycles. The van der Waals surface area contributed by atoms with Gasteiger partial charge in [0.15, 0.2) is 0 Å². The number of allylic oxidation sites excluding steroid dienone is 3. The van der Waals surface area contributed by atoms with Gasteiger partial charge in [0.25, 0.3) is 0 Å². The number of amides is 1. The molecule has 1 heterocycles. The number of benzene rings is 2. The predicted octanol–water partition coefficient (Wildman–Crippen LogP) is 6.78. The molecule has 2 aromatic rings. The summed E-state index contributed by atoms with van der Waals surface area (Å²) in [6.45, 7) is 14.0. The van der Waals surface area contributed by atoms with E-state index in [1.54, 1.807) is 19.1 Å². The van der Waals surface area contributed by atoms with E-state index in [0.717, 1.165) is 36.1 Å². The van der Waals surface area contributed by atoms with Gasteiger partial charge in [-0.15, -0.1) is 0 Å². The van der Waals surface area contributed by atoms with Gasteiger partial charge in [-0.3, -0.25) is 14.9 Å². The number of carbonyl (C=O) groups is 2. The average molecular weight is 578 g/mol. The Bertz CT molecular complexity index is 1260. The first-order chi connectivity index (χ1) is 19.8. The number of anilines is 1. The minimum absolute atomic E-state index is 0.0198. The molecule has 41 heavy (non-hydrogen) atoms. The van der Waals surface area contributed by atoms with Crippen molar-refractivity contribution in [2.75, 3.05) is 38.1 Å². The van der Waals surface area contributed by atoms with Gasteiger partial charge >= 0.3 is 5.97 Å². The van der Waals surface area contributed by atoms with E-state index in [0.29, 0.717) is 24.7 Å². The van der Waals surface area contributed by atoms with Crippen LogP contribution in [0.3, 0.4) is 0 Å². The molecule has 1 atom stereocenters. The van der Waals surface area contributed by atoms with Gasteiger partial charge < -0.3 is 15.0 Å². The summed E-state index contributed by atoms with van der Waals surface area (Å²) in [7, 11) is 0. The molecule has 0 aromatic heterocycles. The average Bonchev–Trinajstić information content (AvgIpc) is 2.97. The Labute approximate surface area is 250 Å². The molecular weight excluding hydrogens is 534 g/mol. The van der Waals surface area contributed by atoms with Crippen molar-refractivity contribution >= 4 is 29.2 Å². The third-order valence-electron chi connectivity index (χ3n) is 7.78. The number of nitrogens with one attached hydrogen (secondary N) is 2. The fourth-order valence-corrected chi connectivity index (χ4v) is 5.71. The summed E-state index contributed by atoms with van der Waals surface area (Å²) in [5.74, 6) is -0.288. The summed E-state index contributed by atoms with van der Waals surface area (Å²) in [5.41, 5.74) is 5.32. The molecular formula is C34H44ClN3O3. The highest BCUT2D eigenvalue weighted by Crippen LogP contribution is 2.37. The van der Waals surface area contributed by atoms with Crippen molar-refractivity contribution in [1.29, 1.82) is 0 Å². The largest absolute Gasteiger partial charge is 0.465 e. The van der Waals surface area contributed by atoms with Crippen LogP contribution in [0.2, 0.25) is 5.02 Å². The van der Waals surface area contributed by atoms with Gasteiger partial charge in [0.05, 0.1) is 19.2 Å². The van der Waals surface area contributed by atoms with E-state index < -0.39 is 0 Å². The van der Waals surface area contributed by atoms with Crippen molar-refractivity contribution < 1.29 is 14.3 Å². The molecule has 2 aromatic carbocycles. The van der Waals surface area contributed by atoms with Gasteiger partial charge in [0.2, 0.25) is 5.91 Å². The van der Waals surface area contributed by atoms with Gasteiger partial charge in [0.1, 0.15) is 6.54 Å². The lowest BCUT2D eigenvalue weighted by Crippen LogP contribution is -2.47. The third-order valence-corrected chi connectivity index (χ3v) is 8.02. The molecule has 1 unspecified atom stereocenters. The maximum Gasteiger partial charge on any atom is 0.325 e. The molecule has 1 saturated heterocycles. The van der Waals surface area contributed by atoms with Gasteiger partial charge in [-0.25, -0.2) is 0 Å². The van der Waals surface area contributed by atoms with E-state index in [1.807, 2.05) is 42.2 Å². The first kappa shape index (κ1) is 32.2. The van der Waals surface area contributed by atoms with Gasteiger partial charge in [-0.05, 0) is 79.0 Å². The van der Waals surface area contributed by atoms with Crippen LogP contribution in [0.15, 0.2) is 78.9 Å². The highest BCUT2D eigenvalue weighted by Gasteiger charge is 2.34. The predicted molar refractivity (Wildman–Crippen MR) is 169 cm³/mol. The van der Waals surface area contributed by atoms with Crippen molar-refractivity contribution in [3.8, 4) is 0 Å². The number of likely N-dealkylation sites (tertiary alicyclic amines) is 1. The Morgan fingerprint density at radius 3 is 2.54 bits per heavy atom. The van der Waals surface area contributed by atoms with Crippen LogP contribution in [-0.2, 0) is 26.2 Å². The van der Waals surface area contributed by atoms with E-state index in [-0.39, 0.29) is 36.4 Å². The summed E-state index contributed by atoms with van der Waals surface area (Å²) < 4.78 is 5.08. The highest BCUT2D eigenvalue weighted by molar-refractivity contribution is 6.30. The monoisotopic (exact) mass is 577 g/mol. The van der Waals surface area contributed by atoms with Crippen LogP contribution in [0.1, 0.15) is 63.3 Å². The Kier molecular flexibility index (Phi) is 12.2. The Morgan fingerprint density at radius 2 is 1.88 bits per heavy atom. The number of carbonyl (C=O) groups excluding carboxylic acids is 2. The second-order valence-corrected chi connectivity index (χ2v) is 11.0. The van der Waals surface area contributed by atoms with Gasteiger partial charge in [-0.1, -0.05) is 80.6 Å². The van der Waals surface area contributed by atoms with Crippen molar-refractivity contribution in [2.24, 2.45) is 0 Å². The topological polar surface area (TPSA) is 70.7 Å². The standard InChI is InChI=1S/C34H44ClN3O3/c1-6-12-26(13-7-2)33(28-22-27(35)16-17-30(28)36-24-32(40)41-9-4)37-23-31(39)38-20-18-34(5,19-21-38)29-15-11-10-14-25(29)8-3/h6-7,10-17,22,33,36-37H,1,8-9,18-21,23-24H2,2-5H3/b13-7-,26-12+. The van der Waals surface area contributed by atoms with E-state index in [2.05, 4.69) is 55.3 Å². The number of esters is 1. The van der Waals surface area contributed by atoms with Crippen LogP contribution >= 0.6 is 11.6 Å². The van der Waals surface area contributed by atoms with Crippen LogP contribution in [0, 0.1) is 0 Å². The molecule has 2 N–H and O–H groups in total. The van der Waals surface area contributed by atoms with Crippen LogP contribution in [-0.4, -0.2) is 49.6 Å². The molecule has 1 aliphatic heterocycles. The fourth-order valence-electron chi connectivity index (χ4n) is 5.53. The SMILES string of the molecule is C=C/C=C(\C=C/C)C(NCC(=O)N1CCC(C)(c2ccccc2CC)CC1)c1cc(Cl)ccc1NCC(=O)OCC. The van der Waals surface area contributed by atoms with Crippen molar-refractivity contribution in [2.45, 2.75) is 58.4 Å². The molecule has 220 valence electrons. The number of rotatable bonds is 13. The highest BCUT2D eigenvalue weighted by atomic mass is 35.5. The molecule has 0 spiro atoms. The number of nitrogens with zero attached hydrogens (tertiary/aromatic N) is 1. The number of hydrogen-bond acceptors (Lipinski definition) is 5.